The molecule has 1 fully saturated rings. The van der Waals surface area contributed by atoms with Crippen LogP contribution in [-0.4, -0.2) is 33.0 Å². The molecule has 1 aliphatic heterocycles. The summed E-state index contributed by atoms with van der Waals surface area (Å²) in [4.78, 5) is 8.81. The highest BCUT2D eigenvalue weighted by Gasteiger charge is 2.28. The Morgan fingerprint density at radius 1 is 1.04 bits per heavy atom. The summed E-state index contributed by atoms with van der Waals surface area (Å²) in [5.74, 6) is 0.913. The minimum Gasteiger partial charge on any atom is -0.383 e. The molecule has 0 radical (unpaired) electrons. The number of anilines is 1. The van der Waals surface area contributed by atoms with E-state index in [4.69, 9.17) is 15.6 Å². The molecule has 2 aromatic heterocycles. The Balaban J connectivity index is 1.59. The molecular weight excluding hydrogens is 326 g/mol. The summed E-state index contributed by atoms with van der Waals surface area (Å²) in [5, 5.41) is 5.99. The number of nitrogens with two attached hydrogens (primary N) is 1. The van der Waals surface area contributed by atoms with E-state index in [-0.39, 0.29) is 0 Å². The molecule has 1 aliphatic carbocycles. The van der Waals surface area contributed by atoms with Gasteiger partial charge in [-0.05, 0) is 43.2 Å². The van der Waals surface area contributed by atoms with Gasteiger partial charge in [-0.15, -0.1) is 0 Å². The lowest BCUT2D eigenvalue weighted by Gasteiger charge is -2.25. The fourth-order valence-electron chi connectivity index (χ4n) is 4.42. The van der Waals surface area contributed by atoms with Crippen molar-refractivity contribution in [1.82, 2.24) is 19.7 Å². The Hall–Kier alpha value is -2.47. The maximum Gasteiger partial charge on any atom is 0.163 e. The van der Waals surface area contributed by atoms with Crippen LogP contribution in [0.2, 0.25) is 0 Å². The van der Waals surface area contributed by atoms with Gasteiger partial charge in [0.25, 0.3) is 0 Å². The molecule has 1 atom stereocenters. The molecule has 0 saturated carbocycles. The van der Waals surface area contributed by atoms with Gasteiger partial charge in [0.15, 0.2) is 5.65 Å². The average molecular weight is 349 g/mol. The van der Waals surface area contributed by atoms with Crippen LogP contribution in [0, 0.1) is 0 Å². The number of aromatic nitrogens is 4. The Labute approximate surface area is 152 Å². The van der Waals surface area contributed by atoms with Crippen LogP contribution in [-0.2, 0) is 17.6 Å². The van der Waals surface area contributed by atoms with E-state index in [9.17, 15) is 0 Å². The van der Waals surface area contributed by atoms with Gasteiger partial charge in [-0.2, -0.15) is 5.10 Å². The van der Waals surface area contributed by atoms with E-state index in [0.717, 1.165) is 62.0 Å². The third kappa shape index (κ3) is 2.56. The number of rotatable bonds is 2. The van der Waals surface area contributed by atoms with E-state index in [1.165, 1.54) is 11.1 Å². The molecule has 6 heteroatoms. The third-order valence-electron chi connectivity index (χ3n) is 5.82. The molecule has 2 N–H and O–H groups in total. The van der Waals surface area contributed by atoms with Crippen molar-refractivity contribution in [3.63, 3.8) is 0 Å². The first-order valence-electron chi connectivity index (χ1n) is 9.44. The lowest BCUT2D eigenvalue weighted by molar-refractivity contribution is 0.0845. The Kier molecular flexibility index (Phi) is 3.85. The highest BCUT2D eigenvalue weighted by atomic mass is 16.5. The average Bonchev–Trinajstić information content (AvgIpc) is 3.09. The normalized spacial score (nSPS) is 21.0. The highest BCUT2D eigenvalue weighted by Crippen LogP contribution is 2.36. The van der Waals surface area contributed by atoms with Crippen molar-refractivity contribution in [2.45, 2.75) is 44.1 Å². The van der Waals surface area contributed by atoms with Crippen molar-refractivity contribution in [2.75, 3.05) is 18.9 Å². The highest BCUT2D eigenvalue weighted by molar-refractivity contribution is 5.88. The predicted octanol–water partition coefficient (Wildman–Crippen LogP) is 3.03. The van der Waals surface area contributed by atoms with Gasteiger partial charge in [-0.1, -0.05) is 24.3 Å². The van der Waals surface area contributed by atoms with E-state index in [1.54, 1.807) is 6.33 Å². The molecule has 1 saturated heterocycles. The van der Waals surface area contributed by atoms with Gasteiger partial charge in [0.2, 0.25) is 0 Å². The molecule has 6 nitrogen and oxygen atoms in total. The van der Waals surface area contributed by atoms with Crippen molar-refractivity contribution in [1.29, 1.82) is 0 Å². The molecular formula is C20H23N5O. The third-order valence-corrected chi connectivity index (χ3v) is 5.82. The van der Waals surface area contributed by atoms with Crippen LogP contribution in [0.3, 0.4) is 0 Å². The summed E-state index contributed by atoms with van der Waals surface area (Å²) in [7, 11) is 0. The number of benzene rings is 1. The molecule has 3 aromatic rings. The Morgan fingerprint density at radius 2 is 1.85 bits per heavy atom. The standard InChI is InChI=1S/C20H23N5O/c21-19-17-18(14-7-9-26-10-8-14)24-25(20(17)23-12-22-19)16-6-5-13-3-1-2-4-15(13)11-16/h1-4,12,14,16H,5-11H2,(H2,21,22,23). The maximum absolute atomic E-state index is 6.25. The number of aryl methyl sites for hydroxylation is 1. The number of ether oxygens (including phenoxy) is 1. The summed E-state index contributed by atoms with van der Waals surface area (Å²) in [6.07, 6.45) is 6.66. The lowest BCUT2D eigenvalue weighted by Crippen LogP contribution is -2.20. The molecule has 0 bridgehead atoms. The van der Waals surface area contributed by atoms with Gasteiger partial charge in [0.05, 0.1) is 17.1 Å². The largest absolute Gasteiger partial charge is 0.383 e. The molecule has 26 heavy (non-hydrogen) atoms. The van der Waals surface area contributed by atoms with Gasteiger partial charge in [0, 0.05) is 19.1 Å². The minimum absolute atomic E-state index is 0.315. The van der Waals surface area contributed by atoms with E-state index < -0.39 is 0 Å². The number of hydrogen-bond donors (Lipinski definition) is 1. The van der Waals surface area contributed by atoms with Gasteiger partial charge in [-0.3, -0.25) is 0 Å². The molecule has 1 aromatic carbocycles. The summed E-state index contributed by atoms with van der Waals surface area (Å²) in [6, 6.07) is 9.03. The first-order chi connectivity index (χ1) is 12.8. The fourth-order valence-corrected chi connectivity index (χ4v) is 4.42. The van der Waals surface area contributed by atoms with Crippen molar-refractivity contribution >= 4 is 16.9 Å². The van der Waals surface area contributed by atoms with Gasteiger partial charge in [0.1, 0.15) is 12.1 Å². The molecule has 0 spiro atoms. The van der Waals surface area contributed by atoms with Crippen molar-refractivity contribution in [2.24, 2.45) is 0 Å². The Bertz CT molecular complexity index is 945. The molecule has 5 rings (SSSR count). The number of nitrogen functional groups attached to an aromatic ring is 1. The SMILES string of the molecule is Nc1ncnc2c1c(C1CCOCC1)nn2C1CCc2ccccc2C1. The zero-order valence-corrected chi connectivity index (χ0v) is 14.8. The Morgan fingerprint density at radius 3 is 2.69 bits per heavy atom. The second kappa shape index (κ2) is 6.36. The van der Waals surface area contributed by atoms with Crippen LogP contribution < -0.4 is 5.73 Å². The van der Waals surface area contributed by atoms with Gasteiger partial charge < -0.3 is 10.5 Å². The van der Waals surface area contributed by atoms with Crippen LogP contribution >= 0.6 is 0 Å². The maximum atomic E-state index is 6.25. The van der Waals surface area contributed by atoms with Crippen LogP contribution in [0.15, 0.2) is 30.6 Å². The summed E-state index contributed by atoms with van der Waals surface area (Å²) >= 11 is 0. The van der Waals surface area contributed by atoms with E-state index in [0.29, 0.717) is 17.8 Å². The number of nitrogens with zero attached hydrogens (tertiary/aromatic N) is 4. The van der Waals surface area contributed by atoms with Crippen LogP contribution in [0.1, 0.15) is 48.0 Å². The number of hydrogen-bond acceptors (Lipinski definition) is 5. The van der Waals surface area contributed by atoms with E-state index >= 15 is 0 Å². The van der Waals surface area contributed by atoms with Crippen molar-refractivity contribution in [3.05, 3.63) is 47.4 Å². The monoisotopic (exact) mass is 349 g/mol. The van der Waals surface area contributed by atoms with Crippen molar-refractivity contribution in [3.8, 4) is 0 Å². The second-order valence-corrected chi connectivity index (χ2v) is 7.34. The topological polar surface area (TPSA) is 78.8 Å². The van der Waals surface area contributed by atoms with E-state index in [2.05, 4.69) is 38.9 Å². The van der Waals surface area contributed by atoms with Crippen LogP contribution in [0.25, 0.3) is 11.0 Å². The first kappa shape index (κ1) is 15.8. The smallest absolute Gasteiger partial charge is 0.163 e. The van der Waals surface area contributed by atoms with Gasteiger partial charge in [-0.25, -0.2) is 14.6 Å². The van der Waals surface area contributed by atoms with Crippen molar-refractivity contribution < 1.29 is 4.74 Å². The second-order valence-electron chi connectivity index (χ2n) is 7.34. The summed E-state index contributed by atoms with van der Waals surface area (Å²) in [5.41, 5.74) is 11.1. The number of fused-ring (bicyclic) bond motifs is 2. The van der Waals surface area contributed by atoms with Crippen LogP contribution in [0.5, 0.6) is 0 Å². The summed E-state index contributed by atoms with van der Waals surface area (Å²) < 4.78 is 7.65. The minimum atomic E-state index is 0.315. The molecule has 134 valence electrons. The summed E-state index contributed by atoms with van der Waals surface area (Å²) in [6.45, 7) is 1.56. The quantitative estimate of drug-likeness (QED) is 0.769. The fraction of sp³-hybridized carbons (Fsp3) is 0.450. The lowest BCUT2D eigenvalue weighted by atomic mass is 9.88. The first-order valence-corrected chi connectivity index (χ1v) is 9.44. The zero-order valence-electron chi connectivity index (χ0n) is 14.8. The zero-order chi connectivity index (χ0) is 17.5. The van der Waals surface area contributed by atoms with Gasteiger partial charge >= 0.3 is 0 Å². The molecule has 1 unspecified atom stereocenters. The molecule has 3 heterocycles. The predicted molar refractivity (Wildman–Crippen MR) is 100 cm³/mol. The molecule has 2 aliphatic rings. The van der Waals surface area contributed by atoms with E-state index in [1.807, 2.05) is 0 Å². The molecule has 0 amide bonds. The van der Waals surface area contributed by atoms with Crippen LogP contribution in [0.4, 0.5) is 5.82 Å².